The summed E-state index contributed by atoms with van der Waals surface area (Å²) in [6.07, 6.45) is 0. The number of thiophene rings is 1. The molecule has 4 rings (SSSR count). The zero-order valence-electron chi connectivity index (χ0n) is 16.0. The first-order valence-corrected chi connectivity index (χ1v) is 10.4. The van der Waals surface area contributed by atoms with Gasteiger partial charge in [-0.25, -0.2) is 9.59 Å². The van der Waals surface area contributed by atoms with Gasteiger partial charge in [-0.15, -0.1) is 11.3 Å². The van der Waals surface area contributed by atoms with Crippen LogP contribution in [-0.2, 0) is 24.9 Å². The molecule has 152 valence electrons. The molecule has 2 aromatic heterocycles. The van der Waals surface area contributed by atoms with E-state index in [-0.39, 0.29) is 24.1 Å². The molecule has 4 aromatic rings. The number of carbonyl (C=O) groups excluding carboxylic acids is 1. The van der Waals surface area contributed by atoms with Crippen LogP contribution >= 0.6 is 22.9 Å². The van der Waals surface area contributed by atoms with Crippen LogP contribution in [0, 0.1) is 0 Å². The smallest absolute Gasteiger partial charge is 0.340 e. The van der Waals surface area contributed by atoms with E-state index in [9.17, 15) is 14.4 Å². The number of halogens is 1. The molecule has 30 heavy (non-hydrogen) atoms. The lowest BCUT2D eigenvalue weighted by atomic mass is 10.2. The monoisotopic (exact) mass is 440 g/mol. The average molecular weight is 441 g/mol. The van der Waals surface area contributed by atoms with Gasteiger partial charge >= 0.3 is 11.7 Å². The number of hydrogen-bond donors (Lipinski definition) is 0. The molecule has 0 spiro atoms. The molecule has 0 bridgehead atoms. The molecule has 6 nitrogen and oxygen atoms in total. The standard InChI is InChI=1S/C22H17ClN2O4S/c1-24-20-18(19(26)25(22(24)28)11-14-5-3-2-4-6-14)17(13-30-20)21(27)29-12-15-7-9-16(23)10-8-15/h2-10,13H,11-12H2,1H3. The van der Waals surface area contributed by atoms with E-state index in [0.29, 0.717) is 9.85 Å². The molecule has 0 fully saturated rings. The Labute approximate surface area is 180 Å². The summed E-state index contributed by atoms with van der Waals surface area (Å²) in [6.45, 7) is 0.175. The molecule has 0 saturated heterocycles. The number of rotatable bonds is 5. The van der Waals surface area contributed by atoms with E-state index in [1.807, 2.05) is 30.3 Å². The highest BCUT2D eigenvalue weighted by Gasteiger charge is 2.21. The van der Waals surface area contributed by atoms with Crippen molar-refractivity contribution in [1.82, 2.24) is 9.13 Å². The Kier molecular flexibility index (Phi) is 5.57. The van der Waals surface area contributed by atoms with Crippen molar-refractivity contribution in [3.05, 3.63) is 103 Å². The third-order valence-corrected chi connectivity index (χ3v) is 6.05. The van der Waals surface area contributed by atoms with E-state index in [0.717, 1.165) is 15.7 Å². The van der Waals surface area contributed by atoms with Crippen LogP contribution in [-0.4, -0.2) is 15.1 Å². The van der Waals surface area contributed by atoms with Crippen LogP contribution in [0.5, 0.6) is 0 Å². The van der Waals surface area contributed by atoms with Gasteiger partial charge in [-0.1, -0.05) is 54.1 Å². The molecule has 0 aliphatic heterocycles. The molecular weight excluding hydrogens is 424 g/mol. The highest BCUT2D eigenvalue weighted by molar-refractivity contribution is 7.17. The van der Waals surface area contributed by atoms with E-state index < -0.39 is 17.2 Å². The van der Waals surface area contributed by atoms with Crippen LogP contribution in [0.25, 0.3) is 10.2 Å². The van der Waals surface area contributed by atoms with E-state index in [2.05, 4.69) is 0 Å². The van der Waals surface area contributed by atoms with Gasteiger partial charge in [0.05, 0.1) is 17.5 Å². The van der Waals surface area contributed by atoms with Crippen LogP contribution in [0.4, 0.5) is 0 Å². The van der Waals surface area contributed by atoms with E-state index in [1.54, 1.807) is 36.7 Å². The van der Waals surface area contributed by atoms with E-state index in [1.165, 1.54) is 15.9 Å². The lowest BCUT2D eigenvalue weighted by molar-refractivity contribution is 0.0475. The molecule has 0 atom stereocenters. The fourth-order valence-electron chi connectivity index (χ4n) is 3.15. The lowest BCUT2D eigenvalue weighted by Crippen LogP contribution is -2.39. The molecule has 0 aliphatic carbocycles. The molecule has 0 aliphatic rings. The third-order valence-electron chi connectivity index (χ3n) is 4.74. The summed E-state index contributed by atoms with van der Waals surface area (Å²) >= 11 is 7.03. The third kappa shape index (κ3) is 3.81. The second-order valence-electron chi connectivity index (χ2n) is 6.75. The minimum Gasteiger partial charge on any atom is -0.457 e. The number of ether oxygens (including phenoxy) is 1. The molecule has 0 amide bonds. The Hall–Kier alpha value is -3.16. The van der Waals surface area contributed by atoms with Gasteiger partial charge in [-0.05, 0) is 23.3 Å². The predicted molar refractivity (Wildman–Crippen MR) is 117 cm³/mol. The fraction of sp³-hybridized carbons (Fsp3) is 0.136. The lowest BCUT2D eigenvalue weighted by Gasteiger charge is -2.09. The van der Waals surface area contributed by atoms with Gasteiger partial charge in [0.25, 0.3) is 5.56 Å². The maximum atomic E-state index is 13.1. The quantitative estimate of drug-likeness (QED) is 0.442. The maximum Gasteiger partial charge on any atom is 0.340 e. The van der Waals surface area contributed by atoms with Crippen molar-refractivity contribution in [1.29, 1.82) is 0 Å². The highest BCUT2D eigenvalue weighted by atomic mass is 35.5. The highest BCUT2D eigenvalue weighted by Crippen LogP contribution is 2.23. The van der Waals surface area contributed by atoms with Crippen LogP contribution in [0.1, 0.15) is 21.5 Å². The minimum absolute atomic E-state index is 0.0529. The van der Waals surface area contributed by atoms with Gasteiger partial charge in [-0.2, -0.15) is 0 Å². The summed E-state index contributed by atoms with van der Waals surface area (Å²) in [7, 11) is 1.59. The first-order chi connectivity index (χ1) is 14.5. The predicted octanol–water partition coefficient (Wildman–Crippen LogP) is 3.82. The number of fused-ring (bicyclic) bond motifs is 1. The van der Waals surface area contributed by atoms with Gasteiger partial charge < -0.3 is 4.74 Å². The normalized spacial score (nSPS) is 11.0. The first kappa shape index (κ1) is 20.1. The zero-order chi connectivity index (χ0) is 21.3. The molecule has 2 heterocycles. The number of benzene rings is 2. The summed E-state index contributed by atoms with van der Waals surface area (Å²) in [5.74, 6) is -0.613. The van der Waals surface area contributed by atoms with Crippen LogP contribution in [0.2, 0.25) is 5.02 Å². The Morgan fingerprint density at radius 2 is 1.73 bits per heavy atom. The Morgan fingerprint density at radius 1 is 1.03 bits per heavy atom. The number of nitrogens with zero attached hydrogens (tertiary/aromatic N) is 2. The topological polar surface area (TPSA) is 70.3 Å². The number of esters is 1. The van der Waals surface area contributed by atoms with Gasteiger partial charge in [0, 0.05) is 17.5 Å². The molecule has 2 aromatic carbocycles. The van der Waals surface area contributed by atoms with Crippen molar-refractivity contribution >= 4 is 39.1 Å². The number of hydrogen-bond acceptors (Lipinski definition) is 5. The first-order valence-electron chi connectivity index (χ1n) is 9.12. The minimum atomic E-state index is -0.613. The molecule has 8 heteroatoms. The molecule has 0 radical (unpaired) electrons. The Morgan fingerprint density at radius 3 is 2.43 bits per heavy atom. The van der Waals surface area contributed by atoms with Crippen LogP contribution in [0.3, 0.4) is 0 Å². The second kappa shape index (κ2) is 8.30. The van der Waals surface area contributed by atoms with Gasteiger partial charge in [-0.3, -0.25) is 13.9 Å². The van der Waals surface area contributed by atoms with Gasteiger partial charge in [0.15, 0.2) is 0 Å². The second-order valence-corrected chi connectivity index (χ2v) is 8.05. The fourth-order valence-corrected chi connectivity index (χ4v) is 4.27. The van der Waals surface area contributed by atoms with E-state index >= 15 is 0 Å². The Balaban J connectivity index is 1.71. The molecule has 0 unspecified atom stereocenters. The van der Waals surface area contributed by atoms with Crippen LogP contribution < -0.4 is 11.2 Å². The summed E-state index contributed by atoms with van der Waals surface area (Å²) in [4.78, 5) is 39.0. The largest absolute Gasteiger partial charge is 0.457 e. The van der Waals surface area contributed by atoms with Crippen molar-refractivity contribution in [2.24, 2.45) is 7.05 Å². The summed E-state index contributed by atoms with van der Waals surface area (Å²) in [5.41, 5.74) is 0.821. The number of carbonyl (C=O) groups is 1. The van der Waals surface area contributed by atoms with Crippen molar-refractivity contribution < 1.29 is 9.53 Å². The number of aryl methyl sites for hydroxylation is 1. The van der Waals surface area contributed by atoms with Crippen molar-refractivity contribution in [3.63, 3.8) is 0 Å². The molecule has 0 saturated carbocycles. The van der Waals surface area contributed by atoms with Crippen LogP contribution in [0.15, 0.2) is 69.6 Å². The summed E-state index contributed by atoms with van der Waals surface area (Å²) in [5, 5.41) is 2.34. The van der Waals surface area contributed by atoms with Crippen molar-refractivity contribution in [2.45, 2.75) is 13.2 Å². The van der Waals surface area contributed by atoms with Gasteiger partial charge in [0.2, 0.25) is 0 Å². The summed E-state index contributed by atoms with van der Waals surface area (Å²) in [6, 6.07) is 16.2. The molecular formula is C22H17ClN2O4S. The van der Waals surface area contributed by atoms with Crippen molar-refractivity contribution in [3.8, 4) is 0 Å². The maximum absolute atomic E-state index is 13.1. The summed E-state index contributed by atoms with van der Waals surface area (Å²) < 4.78 is 7.92. The van der Waals surface area contributed by atoms with Gasteiger partial charge in [0.1, 0.15) is 11.4 Å². The number of aromatic nitrogens is 2. The van der Waals surface area contributed by atoms with E-state index in [4.69, 9.17) is 16.3 Å². The molecule has 0 N–H and O–H groups in total. The zero-order valence-corrected chi connectivity index (χ0v) is 17.6. The Bertz CT molecular complexity index is 1340. The average Bonchev–Trinajstić information content (AvgIpc) is 3.21. The van der Waals surface area contributed by atoms with Crippen molar-refractivity contribution in [2.75, 3.05) is 0 Å². The SMILES string of the molecule is Cn1c(=O)n(Cc2ccccc2)c(=O)c2c(C(=O)OCc3ccc(Cl)cc3)csc21.